The maximum atomic E-state index is 13.0. The summed E-state index contributed by atoms with van der Waals surface area (Å²) >= 11 is 0. The van der Waals surface area contributed by atoms with Crippen LogP contribution in [0, 0.1) is 5.92 Å². The van der Waals surface area contributed by atoms with Gasteiger partial charge in [-0.25, -0.2) is 0 Å². The molecule has 136 valence electrons. The average molecular weight is 358 g/mol. The van der Waals surface area contributed by atoms with E-state index in [0.29, 0.717) is 12.8 Å². The van der Waals surface area contributed by atoms with Gasteiger partial charge in [0.25, 0.3) is 5.91 Å². The second-order valence-corrected chi connectivity index (χ2v) is 5.84. The van der Waals surface area contributed by atoms with E-state index in [9.17, 15) is 27.6 Å². The number of rotatable bonds is 4. The number of carbonyl (C=O) groups excluding carboxylic acids is 3. The van der Waals surface area contributed by atoms with Crippen LogP contribution in [0.2, 0.25) is 0 Å². The number of hydrogen-bond donors (Lipinski definition) is 2. The first kappa shape index (κ1) is 18.8. The summed E-state index contributed by atoms with van der Waals surface area (Å²) in [4.78, 5) is 34.6. The largest absolute Gasteiger partial charge is 0.469 e. The topological polar surface area (TPSA) is 84.5 Å². The van der Waals surface area contributed by atoms with Crippen molar-refractivity contribution in [2.45, 2.75) is 32.0 Å². The zero-order valence-electron chi connectivity index (χ0n) is 13.6. The van der Waals surface area contributed by atoms with Gasteiger partial charge >= 0.3 is 12.1 Å². The predicted molar refractivity (Wildman–Crippen MR) is 81.7 cm³/mol. The van der Waals surface area contributed by atoms with Crippen LogP contribution in [-0.4, -0.2) is 30.9 Å². The highest BCUT2D eigenvalue weighted by Gasteiger charge is 2.37. The summed E-state index contributed by atoms with van der Waals surface area (Å²) in [5, 5.41) is 4.82. The van der Waals surface area contributed by atoms with Crippen LogP contribution in [0.3, 0.4) is 0 Å². The van der Waals surface area contributed by atoms with Crippen molar-refractivity contribution >= 4 is 23.5 Å². The van der Waals surface area contributed by atoms with Crippen molar-refractivity contribution in [2.75, 3.05) is 12.4 Å². The van der Waals surface area contributed by atoms with Crippen molar-refractivity contribution in [1.29, 1.82) is 0 Å². The van der Waals surface area contributed by atoms with Gasteiger partial charge in [-0.2, -0.15) is 13.2 Å². The maximum Gasteiger partial charge on any atom is 0.416 e. The first-order valence-electron chi connectivity index (χ1n) is 7.48. The first-order chi connectivity index (χ1) is 11.6. The van der Waals surface area contributed by atoms with E-state index in [0.717, 1.165) is 19.1 Å². The third-order valence-electron chi connectivity index (χ3n) is 3.85. The Morgan fingerprint density at radius 2 is 1.80 bits per heavy atom. The van der Waals surface area contributed by atoms with E-state index in [1.807, 2.05) is 0 Å². The van der Waals surface area contributed by atoms with E-state index in [1.165, 1.54) is 13.2 Å². The van der Waals surface area contributed by atoms with Crippen molar-refractivity contribution in [1.82, 2.24) is 5.32 Å². The Morgan fingerprint density at radius 3 is 2.32 bits per heavy atom. The smallest absolute Gasteiger partial charge is 0.416 e. The van der Waals surface area contributed by atoms with Crippen LogP contribution in [0.4, 0.5) is 18.9 Å². The summed E-state index contributed by atoms with van der Waals surface area (Å²) in [6, 6.07) is 2.34. The standard InChI is InChI=1S/C16H17F3N2O4/c1-8(22)20-13-4-9(3-11(7-13)16(17,18)19)14(23)21-12-5-10(6-12)15(24)25-2/h3-4,7,10,12H,5-6H2,1-2H3,(H,20,22)(H,21,23). The van der Waals surface area contributed by atoms with Gasteiger partial charge in [0, 0.05) is 24.2 Å². The normalized spacial score (nSPS) is 19.6. The van der Waals surface area contributed by atoms with Crippen molar-refractivity contribution < 1.29 is 32.3 Å². The van der Waals surface area contributed by atoms with Gasteiger partial charge in [0.1, 0.15) is 0 Å². The lowest BCUT2D eigenvalue weighted by atomic mass is 9.80. The van der Waals surface area contributed by atoms with Gasteiger partial charge in [-0.05, 0) is 31.0 Å². The zero-order valence-corrected chi connectivity index (χ0v) is 13.6. The minimum absolute atomic E-state index is 0.117. The van der Waals surface area contributed by atoms with Gasteiger partial charge in [-0.3, -0.25) is 14.4 Å². The molecule has 2 rings (SSSR count). The number of hydrogen-bond acceptors (Lipinski definition) is 4. The number of anilines is 1. The van der Waals surface area contributed by atoms with Gasteiger partial charge in [0.2, 0.25) is 5.91 Å². The molecule has 0 aromatic heterocycles. The Kier molecular flexibility index (Phi) is 5.34. The number of esters is 1. The van der Waals surface area contributed by atoms with E-state index in [1.54, 1.807) is 0 Å². The monoisotopic (exact) mass is 358 g/mol. The molecule has 1 aromatic rings. The molecule has 1 saturated carbocycles. The molecule has 0 atom stereocenters. The van der Waals surface area contributed by atoms with Crippen LogP contribution < -0.4 is 10.6 Å². The molecule has 1 aliphatic rings. The van der Waals surface area contributed by atoms with E-state index in [-0.39, 0.29) is 29.2 Å². The highest BCUT2D eigenvalue weighted by atomic mass is 19.4. The Balaban J connectivity index is 2.13. The summed E-state index contributed by atoms with van der Waals surface area (Å²) in [7, 11) is 1.26. The number of alkyl halides is 3. The molecule has 0 saturated heterocycles. The second kappa shape index (κ2) is 7.12. The summed E-state index contributed by atoms with van der Waals surface area (Å²) in [6.45, 7) is 1.15. The van der Waals surface area contributed by atoms with E-state index in [2.05, 4.69) is 15.4 Å². The summed E-state index contributed by atoms with van der Waals surface area (Å²) in [5.74, 6) is -1.94. The lowest BCUT2D eigenvalue weighted by Crippen LogP contribution is -2.47. The molecule has 2 amide bonds. The molecule has 0 aliphatic heterocycles. The van der Waals surface area contributed by atoms with Crippen LogP contribution >= 0.6 is 0 Å². The number of halogens is 3. The lowest BCUT2D eigenvalue weighted by molar-refractivity contribution is -0.149. The molecule has 0 bridgehead atoms. The Bertz CT molecular complexity index is 697. The van der Waals surface area contributed by atoms with Crippen LogP contribution in [0.25, 0.3) is 0 Å². The minimum atomic E-state index is -4.66. The van der Waals surface area contributed by atoms with E-state index < -0.39 is 23.6 Å². The highest BCUT2D eigenvalue weighted by molar-refractivity contribution is 5.97. The molecule has 0 radical (unpaired) electrons. The molecular weight excluding hydrogens is 341 g/mol. The van der Waals surface area contributed by atoms with E-state index in [4.69, 9.17) is 0 Å². The fraction of sp³-hybridized carbons (Fsp3) is 0.438. The van der Waals surface area contributed by atoms with Crippen LogP contribution in [0.15, 0.2) is 18.2 Å². The van der Waals surface area contributed by atoms with Crippen molar-refractivity contribution in [3.05, 3.63) is 29.3 Å². The average Bonchev–Trinajstić information content (AvgIpc) is 2.47. The molecule has 0 spiro atoms. The van der Waals surface area contributed by atoms with Crippen molar-refractivity contribution in [2.24, 2.45) is 5.92 Å². The van der Waals surface area contributed by atoms with Crippen molar-refractivity contribution in [3.63, 3.8) is 0 Å². The lowest BCUT2D eigenvalue weighted by Gasteiger charge is -2.33. The quantitative estimate of drug-likeness (QED) is 0.809. The molecule has 6 nitrogen and oxygen atoms in total. The molecule has 0 heterocycles. The van der Waals surface area contributed by atoms with Gasteiger partial charge in [0.05, 0.1) is 18.6 Å². The molecule has 2 N–H and O–H groups in total. The third kappa shape index (κ3) is 4.71. The SMILES string of the molecule is COC(=O)C1CC(NC(=O)c2cc(NC(C)=O)cc(C(F)(F)F)c2)C1. The fourth-order valence-electron chi connectivity index (χ4n) is 2.56. The number of benzene rings is 1. The number of methoxy groups -OCH3 is 1. The molecular formula is C16H17F3N2O4. The first-order valence-corrected chi connectivity index (χ1v) is 7.48. The Morgan fingerprint density at radius 1 is 1.16 bits per heavy atom. The molecule has 1 aromatic carbocycles. The molecule has 25 heavy (non-hydrogen) atoms. The molecule has 1 aliphatic carbocycles. The summed E-state index contributed by atoms with van der Waals surface area (Å²) in [5.41, 5.74) is -1.38. The number of carbonyl (C=O) groups is 3. The van der Waals surface area contributed by atoms with Crippen LogP contribution in [-0.2, 0) is 20.5 Å². The molecule has 0 unspecified atom stereocenters. The minimum Gasteiger partial charge on any atom is -0.469 e. The number of amides is 2. The second-order valence-electron chi connectivity index (χ2n) is 5.84. The number of ether oxygens (including phenoxy) is 1. The van der Waals surface area contributed by atoms with Gasteiger partial charge in [0.15, 0.2) is 0 Å². The molecule has 9 heteroatoms. The fourth-order valence-corrected chi connectivity index (χ4v) is 2.56. The van der Waals surface area contributed by atoms with Gasteiger partial charge < -0.3 is 15.4 Å². The summed E-state index contributed by atoms with van der Waals surface area (Å²) in [6.07, 6.45) is -3.91. The third-order valence-corrected chi connectivity index (χ3v) is 3.85. The van der Waals surface area contributed by atoms with Gasteiger partial charge in [-0.1, -0.05) is 0 Å². The van der Waals surface area contributed by atoms with E-state index >= 15 is 0 Å². The zero-order chi connectivity index (χ0) is 18.8. The van der Waals surface area contributed by atoms with Gasteiger partial charge in [-0.15, -0.1) is 0 Å². The highest BCUT2D eigenvalue weighted by Crippen LogP contribution is 2.33. The van der Waals surface area contributed by atoms with Crippen LogP contribution in [0.5, 0.6) is 0 Å². The number of nitrogens with one attached hydrogen (secondary N) is 2. The Labute approximate surface area is 141 Å². The molecule has 1 fully saturated rings. The predicted octanol–water partition coefficient (Wildman–Crippen LogP) is 2.35. The summed E-state index contributed by atoms with van der Waals surface area (Å²) < 4.78 is 43.5. The Hall–Kier alpha value is -2.58. The van der Waals surface area contributed by atoms with Crippen molar-refractivity contribution in [3.8, 4) is 0 Å². The van der Waals surface area contributed by atoms with Crippen LogP contribution in [0.1, 0.15) is 35.7 Å². The maximum absolute atomic E-state index is 13.0.